The van der Waals surface area contributed by atoms with Crippen molar-refractivity contribution in [2.75, 3.05) is 6.61 Å². The van der Waals surface area contributed by atoms with Crippen molar-refractivity contribution in [1.82, 2.24) is 0 Å². The molecule has 0 aliphatic rings. The zero-order chi connectivity index (χ0) is 11.4. The third-order valence-electron chi connectivity index (χ3n) is 1.84. The highest BCUT2D eigenvalue weighted by molar-refractivity contribution is 7.09. The lowest BCUT2D eigenvalue weighted by atomic mass is 10.2. The molecule has 1 heterocycles. The summed E-state index contributed by atoms with van der Waals surface area (Å²) in [6.45, 7) is 4.91. The summed E-state index contributed by atoms with van der Waals surface area (Å²) in [5.74, 6) is 0. The van der Waals surface area contributed by atoms with Crippen LogP contribution in [0, 0.1) is 0 Å². The van der Waals surface area contributed by atoms with Gasteiger partial charge >= 0.3 is 0 Å². The predicted octanol–water partition coefficient (Wildman–Crippen LogP) is 3.66. The number of ether oxygens (including phenoxy) is 1. The molecule has 0 amide bonds. The average Bonchev–Trinajstić information content (AvgIpc) is 2.73. The highest BCUT2D eigenvalue weighted by atomic mass is 32.1. The summed E-state index contributed by atoms with van der Waals surface area (Å²) in [5, 5.41) is 2.15. The first kappa shape index (κ1) is 14.2. The van der Waals surface area contributed by atoms with Gasteiger partial charge in [0, 0.05) is 4.88 Å². The largest absolute Gasteiger partial charge is 0.468 e. The van der Waals surface area contributed by atoms with E-state index in [0.717, 1.165) is 0 Å². The van der Waals surface area contributed by atoms with Crippen LogP contribution in [-0.4, -0.2) is 13.1 Å². The number of carbonyl (C=O) groups excluding carboxylic acids is 1. The Morgan fingerprint density at radius 3 is 2.60 bits per heavy atom. The first-order valence-corrected chi connectivity index (χ1v) is 6.30. The second kappa shape index (κ2) is 11.2. The molecule has 1 aromatic rings. The Labute approximate surface area is 96.3 Å². The Balaban J connectivity index is 0.000000336. The topological polar surface area (TPSA) is 26.3 Å². The Morgan fingerprint density at radius 1 is 1.40 bits per heavy atom. The van der Waals surface area contributed by atoms with E-state index in [1.165, 1.54) is 30.6 Å². The van der Waals surface area contributed by atoms with Gasteiger partial charge in [-0.05, 0) is 31.2 Å². The Kier molecular flexibility index (Phi) is 10.6. The maximum absolute atomic E-state index is 9.18. The van der Waals surface area contributed by atoms with Gasteiger partial charge in [-0.15, -0.1) is 11.3 Å². The zero-order valence-electron chi connectivity index (χ0n) is 9.57. The molecule has 15 heavy (non-hydrogen) atoms. The van der Waals surface area contributed by atoms with Gasteiger partial charge in [0.15, 0.2) is 0 Å². The van der Waals surface area contributed by atoms with E-state index in [-0.39, 0.29) is 0 Å². The van der Waals surface area contributed by atoms with E-state index in [2.05, 4.69) is 29.2 Å². The summed E-state index contributed by atoms with van der Waals surface area (Å²) in [6, 6.07) is 4.35. The fourth-order valence-electron chi connectivity index (χ4n) is 1.07. The molecular weight excluding hydrogens is 208 g/mol. The van der Waals surface area contributed by atoms with Crippen molar-refractivity contribution in [3.8, 4) is 0 Å². The van der Waals surface area contributed by atoms with Gasteiger partial charge in [0.25, 0.3) is 6.47 Å². The van der Waals surface area contributed by atoms with Gasteiger partial charge in [-0.1, -0.05) is 25.8 Å². The summed E-state index contributed by atoms with van der Waals surface area (Å²) in [4.78, 5) is 10.7. The molecule has 0 N–H and O–H groups in total. The fraction of sp³-hybridized carbons (Fsp3) is 0.583. The van der Waals surface area contributed by atoms with Crippen LogP contribution < -0.4 is 0 Å². The SMILES string of the molecule is CCCCCc1cccs1.CCOC=O. The molecule has 0 saturated heterocycles. The molecule has 0 aliphatic carbocycles. The molecular formula is C12H20O2S. The van der Waals surface area contributed by atoms with Gasteiger partial charge in [-0.2, -0.15) is 0 Å². The van der Waals surface area contributed by atoms with Crippen LogP contribution in [0.4, 0.5) is 0 Å². The van der Waals surface area contributed by atoms with Crippen molar-refractivity contribution in [3.05, 3.63) is 22.4 Å². The van der Waals surface area contributed by atoms with Crippen LogP contribution in [0.15, 0.2) is 17.5 Å². The van der Waals surface area contributed by atoms with Gasteiger partial charge in [0.05, 0.1) is 6.61 Å². The van der Waals surface area contributed by atoms with Crippen LogP contribution in [0.1, 0.15) is 38.0 Å². The van der Waals surface area contributed by atoms with Gasteiger partial charge in [0.2, 0.25) is 0 Å². The van der Waals surface area contributed by atoms with E-state index in [9.17, 15) is 4.79 Å². The van der Waals surface area contributed by atoms with Gasteiger partial charge in [0.1, 0.15) is 0 Å². The lowest BCUT2D eigenvalue weighted by Crippen LogP contribution is -1.80. The van der Waals surface area contributed by atoms with E-state index < -0.39 is 0 Å². The normalized spacial score (nSPS) is 8.93. The van der Waals surface area contributed by atoms with Gasteiger partial charge in [-0.25, -0.2) is 0 Å². The summed E-state index contributed by atoms with van der Waals surface area (Å²) in [6.07, 6.45) is 5.34. The van der Waals surface area contributed by atoms with E-state index in [4.69, 9.17) is 0 Å². The van der Waals surface area contributed by atoms with E-state index in [1.807, 2.05) is 11.3 Å². The third-order valence-corrected chi connectivity index (χ3v) is 2.78. The number of rotatable bonds is 6. The molecule has 0 atom stereocenters. The molecule has 0 radical (unpaired) electrons. The van der Waals surface area contributed by atoms with Gasteiger partial charge in [-0.3, -0.25) is 4.79 Å². The maximum Gasteiger partial charge on any atom is 0.293 e. The van der Waals surface area contributed by atoms with E-state index in [1.54, 1.807) is 6.92 Å². The Hall–Kier alpha value is -0.830. The minimum atomic E-state index is 0.431. The summed E-state index contributed by atoms with van der Waals surface area (Å²) < 4.78 is 4.15. The average molecular weight is 228 g/mol. The number of aryl methyl sites for hydroxylation is 1. The minimum absolute atomic E-state index is 0.431. The van der Waals surface area contributed by atoms with Crippen molar-refractivity contribution in [2.24, 2.45) is 0 Å². The molecule has 0 aromatic carbocycles. The monoisotopic (exact) mass is 228 g/mol. The molecule has 1 aromatic heterocycles. The van der Waals surface area contributed by atoms with Crippen LogP contribution in [0.2, 0.25) is 0 Å². The quantitative estimate of drug-likeness (QED) is 0.548. The van der Waals surface area contributed by atoms with Crippen molar-refractivity contribution in [2.45, 2.75) is 39.5 Å². The number of unbranched alkanes of at least 4 members (excludes halogenated alkanes) is 2. The lowest BCUT2D eigenvalue weighted by Gasteiger charge is -1.93. The second-order valence-electron chi connectivity index (χ2n) is 3.09. The molecule has 86 valence electrons. The number of hydrogen-bond acceptors (Lipinski definition) is 3. The van der Waals surface area contributed by atoms with Crippen LogP contribution in [0.3, 0.4) is 0 Å². The maximum atomic E-state index is 9.18. The van der Waals surface area contributed by atoms with E-state index >= 15 is 0 Å². The van der Waals surface area contributed by atoms with Crippen LogP contribution in [-0.2, 0) is 16.0 Å². The highest BCUT2D eigenvalue weighted by Crippen LogP contribution is 2.12. The van der Waals surface area contributed by atoms with Crippen LogP contribution >= 0.6 is 11.3 Å². The molecule has 0 fully saturated rings. The number of thiophene rings is 1. The van der Waals surface area contributed by atoms with Crippen molar-refractivity contribution in [1.29, 1.82) is 0 Å². The fourth-order valence-corrected chi connectivity index (χ4v) is 1.82. The molecule has 2 nitrogen and oxygen atoms in total. The molecule has 3 heteroatoms. The third kappa shape index (κ3) is 9.47. The first-order chi connectivity index (χ1) is 7.35. The predicted molar refractivity (Wildman–Crippen MR) is 65.2 cm³/mol. The molecule has 0 bridgehead atoms. The van der Waals surface area contributed by atoms with E-state index in [0.29, 0.717) is 13.1 Å². The Bertz CT molecular complexity index is 220. The molecule has 0 aliphatic heterocycles. The number of carbonyl (C=O) groups is 1. The molecule has 0 unspecified atom stereocenters. The summed E-state index contributed by atoms with van der Waals surface area (Å²) in [7, 11) is 0. The number of hydrogen-bond donors (Lipinski definition) is 0. The van der Waals surface area contributed by atoms with Gasteiger partial charge < -0.3 is 4.74 Å². The molecule has 0 spiro atoms. The smallest absolute Gasteiger partial charge is 0.293 e. The Morgan fingerprint density at radius 2 is 2.20 bits per heavy atom. The second-order valence-corrected chi connectivity index (χ2v) is 4.12. The molecule has 1 rings (SSSR count). The summed E-state index contributed by atoms with van der Waals surface area (Å²) in [5.41, 5.74) is 0. The van der Waals surface area contributed by atoms with Crippen molar-refractivity contribution in [3.63, 3.8) is 0 Å². The lowest BCUT2D eigenvalue weighted by molar-refractivity contribution is -0.128. The summed E-state index contributed by atoms with van der Waals surface area (Å²) >= 11 is 1.87. The highest BCUT2D eigenvalue weighted by Gasteiger charge is 1.91. The first-order valence-electron chi connectivity index (χ1n) is 5.42. The van der Waals surface area contributed by atoms with Crippen LogP contribution in [0.25, 0.3) is 0 Å². The minimum Gasteiger partial charge on any atom is -0.468 e. The van der Waals surface area contributed by atoms with Crippen molar-refractivity contribution >= 4 is 17.8 Å². The standard InChI is InChI=1S/C9H14S.C3H6O2/c1-2-3-4-6-9-7-5-8-10-9;1-2-5-3-4/h5,7-8H,2-4,6H2,1H3;3H,2H2,1H3. The molecule has 0 saturated carbocycles. The van der Waals surface area contributed by atoms with Crippen molar-refractivity contribution < 1.29 is 9.53 Å². The zero-order valence-corrected chi connectivity index (χ0v) is 10.4. The van der Waals surface area contributed by atoms with Crippen LogP contribution in [0.5, 0.6) is 0 Å².